The average Bonchev–Trinajstić information content (AvgIpc) is 3.21. The third kappa shape index (κ3) is 4.62. The molecule has 7 nitrogen and oxygen atoms in total. The molecule has 12 heteroatoms. The summed E-state index contributed by atoms with van der Waals surface area (Å²) in [5, 5.41) is 8.06. The van der Waals surface area contributed by atoms with Gasteiger partial charge in [-0.15, -0.1) is 0 Å². The molecule has 0 spiro atoms. The number of hydrogen-bond acceptors (Lipinski definition) is 3. The van der Waals surface area contributed by atoms with Crippen LogP contribution in [0.15, 0.2) is 18.2 Å². The van der Waals surface area contributed by atoms with Crippen LogP contribution in [0.3, 0.4) is 0 Å². The molecule has 4 amide bonds. The summed E-state index contributed by atoms with van der Waals surface area (Å²) in [6.45, 7) is 3.65. The number of benzene rings is 2. The number of nitrogens with zero attached hydrogens (tertiary/aromatic N) is 1. The lowest BCUT2D eigenvalue weighted by atomic mass is 10.1. The Balaban J connectivity index is 1.60. The van der Waals surface area contributed by atoms with Gasteiger partial charge in [0.1, 0.15) is 6.04 Å². The maximum Gasteiger partial charge on any atom is 0.315 e. The van der Waals surface area contributed by atoms with Crippen molar-refractivity contribution in [3.63, 3.8) is 0 Å². The zero-order chi connectivity index (χ0) is 26.3. The van der Waals surface area contributed by atoms with Gasteiger partial charge in [-0.3, -0.25) is 9.59 Å². The second kappa shape index (κ2) is 9.59. The third-order valence-electron chi connectivity index (χ3n) is 5.84. The predicted octanol–water partition coefficient (Wildman–Crippen LogP) is 3.80. The van der Waals surface area contributed by atoms with E-state index in [2.05, 4.69) is 16.0 Å². The molecule has 2 aromatic carbocycles. The lowest BCUT2D eigenvalue weighted by molar-refractivity contribution is -0.119. The van der Waals surface area contributed by atoms with Gasteiger partial charge >= 0.3 is 6.03 Å². The van der Waals surface area contributed by atoms with Gasteiger partial charge in [-0.2, -0.15) is 0 Å². The van der Waals surface area contributed by atoms with Gasteiger partial charge in [0.25, 0.3) is 5.91 Å². The summed E-state index contributed by atoms with van der Waals surface area (Å²) in [5.74, 6) is -11.3. The molecule has 2 aliphatic rings. The normalized spacial score (nSPS) is 19.3. The highest BCUT2D eigenvalue weighted by Gasteiger charge is 2.43. The van der Waals surface area contributed by atoms with Gasteiger partial charge < -0.3 is 20.9 Å². The van der Waals surface area contributed by atoms with Crippen LogP contribution in [0.25, 0.3) is 12.2 Å². The van der Waals surface area contributed by atoms with E-state index in [4.69, 9.17) is 0 Å². The summed E-state index contributed by atoms with van der Waals surface area (Å²) in [7, 11) is 0. The number of rotatable bonds is 4. The number of fused-ring (bicyclic) bond motifs is 2. The van der Waals surface area contributed by atoms with Crippen LogP contribution in [-0.4, -0.2) is 47.4 Å². The molecule has 2 aliphatic heterocycles. The number of anilines is 1. The molecule has 2 aromatic rings. The molecule has 190 valence electrons. The summed E-state index contributed by atoms with van der Waals surface area (Å²) >= 11 is 0. The van der Waals surface area contributed by atoms with Crippen molar-refractivity contribution in [2.45, 2.75) is 38.4 Å². The molecule has 36 heavy (non-hydrogen) atoms. The van der Waals surface area contributed by atoms with E-state index in [9.17, 15) is 36.3 Å². The van der Waals surface area contributed by atoms with Gasteiger partial charge in [0, 0.05) is 12.6 Å². The maximum atomic E-state index is 14.0. The number of carbonyl (C=O) groups excluding carboxylic acids is 3. The predicted molar refractivity (Wildman–Crippen MR) is 120 cm³/mol. The summed E-state index contributed by atoms with van der Waals surface area (Å²) in [6, 6.07) is 2.30. The number of nitrogens with one attached hydrogen (secondary N) is 3. The Kier molecular flexibility index (Phi) is 6.70. The molecule has 0 aromatic heterocycles. The first-order chi connectivity index (χ1) is 17.0. The standard InChI is InChI=1S/C24H21F5N4O3/c1-10(2)30-24(36)31-12-8-16-22(34)32-15-6-4-11(7-14(15)23(35)33(16)9-12)3-5-13-17(25)19(27)21(29)20(28)18(13)26/h3-7,10,12,16H,8-9H2,1-2H3,(H,32,34)(H2,30,31,36)/b5-3+/t12-,16-/m0/s1. The highest BCUT2D eigenvalue weighted by Crippen LogP contribution is 2.31. The second-order valence-corrected chi connectivity index (χ2v) is 8.79. The molecular formula is C24H21F5N4O3. The summed E-state index contributed by atoms with van der Waals surface area (Å²) in [5.41, 5.74) is -0.648. The summed E-state index contributed by atoms with van der Waals surface area (Å²) in [4.78, 5) is 39.3. The van der Waals surface area contributed by atoms with Crippen molar-refractivity contribution in [1.29, 1.82) is 0 Å². The highest BCUT2D eigenvalue weighted by molar-refractivity contribution is 6.10. The third-order valence-corrected chi connectivity index (χ3v) is 5.84. The minimum atomic E-state index is -2.26. The lowest BCUT2D eigenvalue weighted by Crippen LogP contribution is -2.46. The van der Waals surface area contributed by atoms with Gasteiger partial charge in [-0.1, -0.05) is 12.1 Å². The molecule has 4 rings (SSSR count). The molecule has 2 atom stereocenters. The van der Waals surface area contributed by atoms with E-state index in [1.807, 2.05) is 0 Å². The SMILES string of the molecule is CC(C)NC(=O)N[C@H]1C[C@H]2C(=O)Nc3ccc(/C=C/c4c(F)c(F)c(F)c(F)c4F)cc3C(=O)N2C1. The molecule has 1 fully saturated rings. The largest absolute Gasteiger partial charge is 0.336 e. The van der Waals surface area contributed by atoms with Crippen molar-refractivity contribution in [2.75, 3.05) is 11.9 Å². The van der Waals surface area contributed by atoms with Crippen molar-refractivity contribution in [2.24, 2.45) is 0 Å². The van der Waals surface area contributed by atoms with Crippen LogP contribution >= 0.6 is 0 Å². The number of hydrogen-bond donors (Lipinski definition) is 3. The van der Waals surface area contributed by atoms with Crippen molar-refractivity contribution < 1.29 is 36.3 Å². The monoisotopic (exact) mass is 508 g/mol. The Morgan fingerprint density at radius 1 is 1.03 bits per heavy atom. The van der Waals surface area contributed by atoms with Gasteiger partial charge in [0.15, 0.2) is 23.3 Å². The molecule has 0 radical (unpaired) electrons. The van der Waals surface area contributed by atoms with Crippen molar-refractivity contribution in [3.05, 3.63) is 64.0 Å². The first-order valence-corrected chi connectivity index (χ1v) is 11.0. The van der Waals surface area contributed by atoms with E-state index in [1.54, 1.807) is 13.8 Å². The fraction of sp³-hybridized carbons (Fsp3) is 0.292. The molecule has 1 saturated heterocycles. The van der Waals surface area contributed by atoms with E-state index in [0.717, 1.165) is 6.08 Å². The van der Waals surface area contributed by atoms with Crippen molar-refractivity contribution in [1.82, 2.24) is 15.5 Å². The molecule has 0 bridgehead atoms. The fourth-order valence-corrected chi connectivity index (χ4v) is 4.17. The smallest absolute Gasteiger partial charge is 0.315 e. The van der Waals surface area contributed by atoms with E-state index < -0.39 is 64.6 Å². The number of amides is 4. The minimum absolute atomic E-state index is 0.0673. The zero-order valence-electron chi connectivity index (χ0n) is 19.1. The minimum Gasteiger partial charge on any atom is -0.336 e. The van der Waals surface area contributed by atoms with E-state index in [0.29, 0.717) is 6.08 Å². The second-order valence-electron chi connectivity index (χ2n) is 8.79. The van der Waals surface area contributed by atoms with E-state index in [1.165, 1.54) is 23.1 Å². The topological polar surface area (TPSA) is 90.5 Å². The lowest BCUT2D eigenvalue weighted by Gasteiger charge is -2.20. The molecular weight excluding hydrogens is 487 g/mol. The van der Waals surface area contributed by atoms with Crippen LogP contribution in [-0.2, 0) is 4.79 Å². The van der Waals surface area contributed by atoms with Gasteiger partial charge in [-0.05, 0) is 44.0 Å². The first-order valence-electron chi connectivity index (χ1n) is 11.0. The van der Waals surface area contributed by atoms with Crippen LogP contribution in [0.4, 0.5) is 32.4 Å². The van der Waals surface area contributed by atoms with E-state index >= 15 is 0 Å². The van der Waals surface area contributed by atoms with Gasteiger partial charge in [0.2, 0.25) is 11.7 Å². The van der Waals surface area contributed by atoms with Crippen molar-refractivity contribution >= 4 is 35.7 Å². The van der Waals surface area contributed by atoms with Crippen LogP contribution in [0.5, 0.6) is 0 Å². The first kappa shape index (κ1) is 25.1. The zero-order valence-corrected chi connectivity index (χ0v) is 19.1. The fourth-order valence-electron chi connectivity index (χ4n) is 4.17. The van der Waals surface area contributed by atoms with Gasteiger partial charge in [-0.25, -0.2) is 26.7 Å². The Morgan fingerprint density at radius 2 is 1.67 bits per heavy atom. The Hall–Kier alpha value is -3.96. The number of urea groups is 1. The van der Waals surface area contributed by atoms with Crippen LogP contribution < -0.4 is 16.0 Å². The summed E-state index contributed by atoms with van der Waals surface area (Å²) < 4.78 is 68.1. The van der Waals surface area contributed by atoms with E-state index in [-0.39, 0.29) is 35.8 Å². The molecule has 0 saturated carbocycles. The average molecular weight is 508 g/mol. The van der Waals surface area contributed by atoms with Crippen LogP contribution in [0.2, 0.25) is 0 Å². The summed E-state index contributed by atoms with van der Waals surface area (Å²) in [6.07, 6.45) is 1.99. The number of carbonyl (C=O) groups is 3. The Morgan fingerprint density at radius 3 is 2.31 bits per heavy atom. The van der Waals surface area contributed by atoms with Crippen LogP contribution in [0.1, 0.15) is 41.8 Å². The molecule has 3 N–H and O–H groups in total. The Labute approximate surface area is 202 Å². The Bertz CT molecular complexity index is 1270. The maximum absolute atomic E-state index is 14.0. The van der Waals surface area contributed by atoms with Gasteiger partial charge in [0.05, 0.1) is 22.9 Å². The molecule has 2 heterocycles. The number of halogens is 5. The highest BCUT2D eigenvalue weighted by atomic mass is 19.2. The quantitative estimate of drug-likeness (QED) is 0.254. The van der Waals surface area contributed by atoms with Crippen LogP contribution in [0, 0.1) is 29.1 Å². The van der Waals surface area contributed by atoms with Crippen molar-refractivity contribution in [3.8, 4) is 0 Å². The molecule has 0 aliphatic carbocycles. The molecule has 0 unspecified atom stereocenters.